The van der Waals surface area contributed by atoms with Gasteiger partial charge in [-0.3, -0.25) is 9.59 Å². The smallest absolute Gasteiger partial charge is 0.325 e. The molecular formula is C15H18FNO3. The monoisotopic (exact) mass is 279 g/mol. The molecule has 1 amide bonds. The summed E-state index contributed by atoms with van der Waals surface area (Å²) in [4.78, 5) is 25.3. The predicted molar refractivity (Wildman–Crippen MR) is 72.7 cm³/mol. The molecule has 2 rings (SSSR count). The number of anilines is 1. The number of carbonyl (C=O) groups excluding carboxylic acids is 2. The van der Waals surface area contributed by atoms with Crippen LogP contribution < -0.4 is 4.90 Å². The summed E-state index contributed by atoms with van der Waals surface area (Å²) in [5.74, 6) is -1.15. The van der Waals surface area contributed by atoms with Gasteiger partial charge in [-0.25, -0.2) is 4.39 Å². The molecule has 5 heteroatoms. The van der Waals surface area contributed by atoms with E-state index in [0.29, 0.717) is 5.69 Å². The van der Waals surface area contributed by atoms with Crippen LogP contribution in [0.4, 0.5) is 10.1 Å². The van der Waals surface area contributed by atoms with Crippen LogP contribution in [0.2, 0.25) is 0 Å². The second kappa shape index (κ2) is 6.50. The van der Waals surface area contributed by atoms with Gasteiger partial charge in [0.15, 0.2) is 0 Å². The van der Waals surface area contributed by atoms with Crippen LogP contribution in [-0.4, -0.2) is 25.5 Å². The Morgan fingerprint density at radius 2 is 2.05 bits per heavy atom. The number of amides is 1. The Labute approximate surface area is 117 Å². The Balaban J connectivity index is 2.23. The van der Waals surface area contributed by atoms with Gasteiger partial charge >= 0.3 is 5.97 Å². The zero-order valence-electron chi connectivity index (χ0n) is 11.5. The molecule has 0 aromatic heterocycles. The number of ether oxygens (including phenoxy) is 1. The van der Waals surface area contributed by atoms with Crippen LogP contribution in [0.15, 0.2) is 24.3 Å². The van der Waals surface area contributed by atoms with Gasteiger partial charge in [0.05, 0.1) is 7.11 Å². The van der Waals surface area contributed by atoms with Crippen LogP contribution in [0, 0.1) is 11.7 Å². The summed E-state index contributed by atoms with van der Waals surface area (Å²) in [5, 5.41) is 0. The molecule has 1 aliphatic carbocycles. The molecule has 0 heterocycles. The molecule has 0 atom stereocenters. The highest BCUT2D eigenvalue weighted by atomic mass is 19.1. The van der Waals surface area contributed by atoms with E-state index in [4.69, 9.17) is 0 Å². The Hall–Kier alpha value is -1.91. The molecular weight excluding hydrogens is 261 g/mol. The lowest BCUT2D eigenvalue weighted by Gasteiger charge is -2.24. The highest BCUT2D eigenvalue weighted by Crippen LogP contribution is 2.28. The van der Waals surface area contributed by atoms with Crippen molar-refractivity contribution in [3.8, 4) is 0 Å². The minimum Gasteiger partial charge on any atom is -0.468 e. The van der Waals surface area contributed by atoms with E-state index < -0.39 is 11.8 Å². The maximum absolute atomic E-state index is 13.3. The average Bonchev–Trinajstić information content (AvgIpc) is 2.97. The van der Waals surface area contributed by atoms with Crippen LogP contribution in [0.1, 0.15) is 25.7 Å². The number of nitrogens with zero attached hydrogens (tertiary/aromatic N) is 1. The molecule has 4 nitrogen and oxygen atoms in total. The number of halogens is 1. The first-order valence-electron chi connectivity index (χ1n) is 6.75. The maximum atomic E-state index is 13.3. The molecule has 108 valence electrons. The third kappa shape index (κ3) is 3.35. The predicted octanol–water partition coefficient (Wildman–Crippen LogP) is 2.52. The summed E-state index contributed by atoms with van der Waals surface area (Å²) >= 11 is 0. The van der Waals surface area contributed by atoms with Crippen molar-refractivity contribution in [2.45, 2.75) is 25.7 Å². The summed E-state index contributed by atoms with van der Waals surface area (Å²) in [6.07, 6.45) is 3.69. The van der Waals surface area contributed by atoms with Gasteiger partial charge in [0, 0.05) is 11.6 Å². The summed E-state index contributed by atoms with van der Waals surface area (Å²) in [6.45, 7) is -0.185. The summed E-state index contributed by atoms with van der Waals surface area (Å²) in [6, 6.07) is 5.71. The molecule has 20 heavy (non-hydrogen) atoms. The van der Waals surface area contributed by atoms with Gasteiger partial charge in [0.2, 0.25) is 5.91 Å². The highest BCUT2D eigenvalue weighted by molar-refractivity contribution is 5.99. The number of carbonyl (C=O) groups is 2. The van der Waals surface area contributed by atoms with E-state index in [0.717, 1.165) is 25.7 Å². The van der Waals surface area contributed by atoms with E-state index in [-0.39, 0.29) is 18.4 Å². The zero-order valence-corrected chi connectivity index (χ0v) is 11.5. The van der Waals surface area contributed by atoms with Crippen molar-refractivity contribution in [2.75, 3.05) is 18.6 Å². The summed E-state index contributed by atoms with van der Waals surface area (Å²) in [7, 11) is 1.27. The van der Waals surface area contributed by atoms with E-state index in [1.54, 1.807) is 6.07 Å². The number of methoxy groups -OCH3 is 1. The van der Waals surface area contributed by atoms with Crippen molar-refractivity contribution in [1.29, 1.82) is 0 Å². The lowest BCUT2D eigenvalue weighted by Crippen LogP contribution is -2.39. The lowest BCUT2D eigenvalue weighted by molar-refractivity contribution is -0.140. The summed E-state index contributed by atoms with van der Waals surface area (Å²) in [5.41, 5.74) is 0.396. The largest absolute Gasteiger partial charge is 0.468 e. The Kier molecular flexibility index (Phi) is 4.71. The van der Waals surface area contributed by atoms with E-state index in [1.165, 1.54) is 30.2 Å². The number of esters is 1. The minimum atomic E-state index is -0.513. The van der Waals surface area contributed by atoms with Gasteiger partial charge in [0.25, 0.3) is 0 Å². The fraction of sp³-hybridized carbons (Fsp3) is 0.467. The number of hydrogen-bond acceptors (Lipinski definition) is 3. The van der Waals surface area contributed by atoms with Crippen LogP contribution in [-0.2, 0) is 14.3 Å². The van der Waals surface area contributed by atoms with Gasteiger partial charge in [-0.2, -0.15) is 0 Å². The first-order chi connectivity index (χ1) is 9.61. The fourth-order valence-electron chi connectivity index (χ4n) is 2.53. The molecule has 0 aliphatic heterocycles. The molecule has 0 N–H and O–H groups in total. The molecule has 1 aromatic rings. The first kappa shape index (κ1) is 14.5. The molecule has 0 saturated heterocycles. The van der Waals surface area contributed by atoms with Gasteiger partial charge in [0.1, 0.15) is 12.4 Å². The van der Waals surface area contributed by atoms with E-state index >= 15 is 0 Å². The fourth-order valence-corrected chi connectivity index (χ4v) is 2.53. The molecule has 0 radical (unpaired) electrons. The van der Waals surface area contributed by atoms with Crippen molar-refractivity contribution in [1.82, 2.24) is 0 Å². The highest BCUT2D eigenvalue weighted by Gasteiger charge is 2.29. The zero-order chi connectivity index (χ0) is 14.5. The quantitative estimate of drug-likeness (QED) is 0.796. The standard InChI is InChI=1S/C15H18FNO3/c1-20-14(18)10-17(13-8-4-7-12(16)9-13)15(19)11-5-2-3-6-11/h4,7-9,11H,2-3,5-6,10H2,1H3. The second-order valence-electron chi connectivity index (χ2n) is 4.96. The molecule has 0 bridgehead atoms. The average molecular weight is 279 g/mol. The van der Waals surface area contributed by atoms with Gasteiger partial charge in [-0.15, -0.1) is 0 Å². The molecule has 1 aliphatic rings. The van der Waals surface area contributed by atoms with Gasteiger partial charge in [-0.05, 0) is 31.0 Å². The molecule has 0 spiro atoms. The van der Waals surface area contributed by atoms with E-state index in [1.807, 2.05) is 0 Å². The lowest BCUT2D eigenvalue weighted by atomic mass is 10.1. The minimum absolute atomic E-state index is 0.0806. The topological polar surface area (TPSA) is 46.6 Å². The normalized spacial score (nSPS) is 15.1. The van der Waals surface area contributed by atoms with Crippen LogP contribution >= 0.6 is 0 Å². The van der Waals surface area contributed by atoms with Crippen LogP contribution in [0.5, 0.6) is 0 Å². The maximum Gasteiger partial charge on any atom is 0.325 e. The second-order valence-corrected chi connectivity index (χ2v) is 4.96. The Morgan fingerprint density at radius 1 is 1.35 bits per heavy atom. The third-order valence-electron chi connectivity index (χ3n) is 3.61. The molecule has 1 saturated carbocycles. The summed E-state index contributed by atoms with van der Waals surface area (Å²) < 4.78 is 18.0. The van der Waals surface area contributed by atoms with E-state index in [2.05, 4.69) is 4.74 Å². The molecule has 1 fully saturated rings. The van der Waals surface area contributed by atoms with Crippen molar-refractivity contribution in [3.63, 3.8) is 0 Å². The van der Waals surface area contributed by atoms with Crippen LogP contribution in [0.3, 0.4) is 0 Å². The number of hydrogen-bond donors (Lipinski definition) is 0. The van der Waals surface area contributed by atoms with Crippen molar-refractivity contribution >= 4 is 17.6 Å². The molecule has 0 unspecified atom stereocenters. The Morgan fingerprint density at radius 3 is 2.65 bits per heavy atom. The Bertz CT molecular complexity index is 498. The van der Waals surface area contributed by atoms with Crippen molar-refractivity contribution < 1.29 is 18.7 Å². The van der Waals surface area contributed by atoms with Crippen molar-refractivity contribution in [3.05, 3.63) is 30.1 Å². The van der Waals surface area contributed by atoms with Crippen LogP contribution in [0.25, 0.3) is 0 Å². The van der Waals surface area contributed by atoms with Crippen molar-refractivity contribution in [2.24, 2.45) is 5.92 Å². The third-order valence-corrected chi connectivity index (χ3v) is 3.61. The SMILES string of the molecule is COC(=O)CN(C(=O)C1CCCC1)c1cccc(F)c1. The number of benzene rings is 1. The van der Waals surface area contributed by atoms with E-state index in [9.17, 15) is 14.0 Å². The molecule has 1 aromatic carbocycles. The van der Waals surface area contributed by atoms with Gasteiger partial charge in [-0.1, -0.05) is 18.9 Å². The van der Waals surface area contributed by atoms with Gasteiger partial charge < -0.3 is 9.64 Å². The first-order valence-corrected chi connectivity index (χ1v) is 6.75. The number of rotatable bonds is 4.